The molecule has 0 fully saturated rings. The highest BCUT2D eigenvalue weighted by molar-refractivity contribution is 6.33. The Morgan fingerprint density at radius 1 is 1.18 bits per heavy atom. The largest absolute Gasteiger partial charge is 0.491 e. The minimum atomic E-state index is -0.308. The van der Waals surface area contributed by atoms with Crippen molar-refractivity contribution in [1.82, 2.24) is 5.32 Å². The Bertz CT molecular complexity index is 659. The number of anilines is 1. The molecule has 4 nitrogen and oxygen atoms in total. The van der Waals surface area contributed by atoms with Crippen molar-refractivity contribution in [2.75, 3.05) is 18.5 Å². The SMILES string of the molecule is Cc1ccc(OCCNC(=O)Nc2ccccc2Cl)c(C)c1. The van der Waals surface area contributed by atoms with Crippen molar-refractivity contribution in [2.45, 2.75) is 13.8 Å². The third-order valence-corrected chi connectivity index (χ3v) is 3.43. The zero-order chi connectivity index (χ0) is 15.9. The summed E-state index contributed by atoms with van der Waals surface area (Å²) in [4.78, 5) is 11.8. The number of carbonyl (C=O) groups excluding carboxylic acids is 1. The molecule has 5 heteroatoms. The van der Waals surface area contributed by atoms with Crippen molar-refractivity contribution in [3.05, 3.63) is 58.6 Å². The van der Waals surface area contributed by atoms with Gasteiger partial charge in [0, 0.05) is 0 Å². The van der Waals surface area contributed by atoms with Gasteiger partial charge in [-0.15, -0.1) is 0 Å². The molecule has 0 spiro atoms. The monoisotopic (exact) mass is 318 g/mol. The molecular weight excluding hydrogens is 300 g/mol. The van der Waals surface area contributed by atoms with Crippen LogP contribution < -0.4 is 15.4 Å². The van der Waals surface area contributed by atoms with E-state index in [-0.39, 0.29) is 6.03 Å². The molecule has 2 rings (SSSR count). The summed E-state index contributed by atoms with van der Waals surface area (Å²) in [5.74, 6) is 0.832. The highest BCUT2D eigenvalue weighted by Gasteiger charge is 2.04. The summed E-state index contributed by atoms with van der Waals surface area (Å²) in [5, 5.41) is 5.92. The molecule has 116 valence electrons. The van der Waals surface area contributed by atoms with E-state index in [1.807, 2.05) is 38.1 Å². The van der Waals surface area contributed by atoms with Crippen LogP contribution in [0.25, 0.3) is 0 Å². The predicted molar refractivity (Wildman–Crippen MR) is 89.9 cm³/mol. The zero-order valence-corrected chi connectivity index (χ0v) is 13.4. The second kappa shape index (κ2) is 7.71. The van der Waals surface area contributed by atoms with Gasteiger partial charge in [-0.25, -0.2) is 4.79 Å². The number of aryl methyl sites for hydroxylation is 2. The third kappa shape index (κ3) is 4.67. The lowest BCUT2D eigenvalue weighted by molar-refractivity contribution is 0.247. The zero-order valence-electron chi connectivity index (χ0n) is 12.7. The molecule has 0 aliphatic heterocycles. The molecule has 2 amide bonds. The molecule has 0 atom stereocenters. The first kappa shape index (κ1) is 16.2. The number of nitrogens with one attached hydrogen (secondary N) is 2. The van der Waals surface area contributed by atoms with Gasteiger partial charge in [0.1, 0.15) is 12.4 Å². The van der Waals surface area contributed by atoms with E-state index in [9.17, 15) is 4.79 Å². The van der Waals surface area contributed by atoms with Crippen LogP contribution in [-0.2, 0) is 0 Å². The molecule has 0 saturated carbocycles. The minimum Gasteiger partial charge on any atom is -0.491 e. The Hall–Kier alpha value is -2.20. The van der Waals surface area contributed by atoms with Gasteiger partial charge in [0.15, 0.2) is 0 Å². The number of carbonyl (C=O) groups is 1. The summed E-state index contributed by atoms with van der Waals surface area (Å²) in [6, 6.07) is 12.8. The van der Waals surface area contributed by atoms with E-state index in [1.54, 1.807) is 12.1 Å². The normalized spacial score (nSPS) is 10.1. The van der Waals surface area contributed by atoms with Crippen LogP contribution in [0.4, 0.5) is 10.5 Å². The molecule has 0 heterocycles. The summed E-state index contributed by atoms with van der Waals surface area (Å²) in [6.07, 6.45) is 0. The molecule has 0 aliphatic rings. The molecule has 2 aromatic rings. The Morgan fingerprint density at radius 3 is 2.68 bits per heavy atom. The van der Waals surface area contributed by atoms with Gasteiger partial charge in [0.2, 0.25) is 0 Å². The van der Waals surface area contributed by atoms with Crippen molar-refractivity contribution < 1.29 is 9.53 Å². The maximum absolute atomic E-state index is 11.8. The molecule has 0 aromatic heterocycles. The van der Waals surface area contributed by atoms with E-state index < -0.39 is 0 Å². The first-order valence-electron chi connectivity index (χ1n) is 7.05. The van der Waals surface area contributed by atoms with Gasteiger partial charge in [-0.1, -0.05) is 41.4 Å². The van der Waals surface area contributed by atoms with Gasteiger partial charge in [-0.3, -0.25) is 0 Å². The number of hydrogen-bond acceptors (Lipinski definition) is 2. The maximum Gasteiger partial charge on any atom is 0.319 e. The van der Waals surface area contributed by atoms with Crippen molar-refractivity contribution in [2.24, 2.45) is 0 Å². The second-order valence-corrected chi connectivity index (χ2v) is 5.39. The third-order valence-electron chi connectivity index (χ3n) is 3.10. The van der Waals surface area contributed by atoms with Gasteiger partial charge in [-0.2, -0.15) is 0 Å². The number of ether oxygens (including phenoxy) is 1. The van der Waals surface area contributed by atoms with Crippen LogP contribution in [0.2, 0.25) is 5.02 Å². The standard InChI is InChI=1S/C17H19ClN2O2/c1-12-7-8-16(13(2)11-12)22-10-9-19-17(21)20-15-6-4-3-5-14(15)18/h3-8,11H,9-10H2,1-2H3,(H2,19,20,21). The van der Waals surface area contributed by atoms with Gasteiger partial charge in [0.05, 0.1) is 17.3 Å². The lowest BCUT2D eigenvalue weighted by Gasteiger charge is -2.11. The van der Waals surface area contributed by atoms with Crippen molar-refractivity contribution in [1.29, 1.82) is 0 Å². The fraction of sp³-hybridized carbons (Fsp3) is 0.235. The Kier molecular flexibility index (Phi) is 5.67. The lowest BCUT2D eigenvalue weighted by Crippen LogP contribution is -2.32. The topological polar surface area (TPSA) is 50.4 Å². The van der Waals surface area contributed by atoms with Gasteiger partial charge in [-0.05, 0) is 37.6 Å². The number of benzene rings is 2. The molecular formula is C17H19ClN2O2. The average Bonchev–Trinajstić information content (AvgIpc) is 2.48. The van der Waals surface area contributed by atoms with Gasteiger partial charge in [0.25, 0.3) is 0 Å². The maximum atomic E-state index is 11.8. The van der Waals surface area contributed by atoms with Crippen LogP contribution in [0.3, 0.4) is 0 Å². The summed E-state index contributed by atoms with van der Waals surface area (Å²) < 4.78 is 5.65. The van der Waals surface area contributed by atoms with E-state index >= 15 is 0 Å². The minimum absolute atomic E-state index is 0.308. The summed E-state index contributed by atoms with van der Waals surface area (Å²) in [7, 11) is 0. The Balaban J connectivity index is 1.74. The first-order valence-corrected chi connectivity index (χ1v) is 7.43. The fourth-order valence-corrected chi connectivity index (χ4v) is 2.20. The van der Waals surface area contributed by atoms with Crippen LogP contribution in [0.5, 0.6) is 5.75 Å². The van der Waals surface area contributed by atoms with Crippen molar-refractivity contribution in [3.8, 4) is 5.75 Å². The molecule has 22 heavy (non-hydrogen) atoms. The summed E-state index contributed by atoms with van der Waals surface area (Å²) in [6.45, 7) is 4.85. The molecule has 0 aliphatic carbocycles. The van der Waals surface area contributed by atoms with E-state index in [0.717, 1.165) is 11.3 Å². The molecule has 0 bridgehead atoms. The number of para-hydroxylation sites is 1. The predicted octanol–water partition coefficient (Wildman–Crippen LogP) is 4.16. The molecule has 2 N–H and O–H groups in total. The highest BCUT2D eigenvalue weighted by atomic mass is 35.5. The Morgan fingerprint density at radius 2 is 1.95 bits per heavy atom. The van der Waals surface area contributed by atoms with Crippen molar-refractivity contribution >= 4 is 23.3 Å². The van der Waals surface area contributed by atoms with E-state index in [1.165, 1.54) is 5.56 Å². The highest BCUT2D eigenvalue weighted by Crippen LogP contribution is 2.20. The van der Waals surface area contributed by atoms with Crippen LogP contribution in [0.1, 0.15) is 11.1 Å². The molecule has 0 unspecified atom stereocenters. The summed E-state index contributed by atoms with van der Waals surface area (Å²) >= 11 is 5.97. The number of halogens is 1. The molecule has 0 saturated heterocycles. The smallest absolute Gasteiger partial charge is 0.319 e. The number of hydrogen-bond donors (Lipinski definition) is 2. The van der Waals surface area contributed by atoms with Crippen LogP contribution in [0.15, 0.2) is 42.5 Å². The first-order chi connectivity index (χ1) is 10.6. The van der Waals surface area contributed by atoms with Crippen LogP contribution in [-0.4, -0.2) is 19.2 Å². The molecule has 0 radical (unpaired) electrons. The van der Waals surface area contributed by atoms with Crippen molar-refractivity contribution in [3.63, 3.8) is 0 Å². The van der Waals surface area contributed by atoms with Gasteiger partial charge >= 0.3 is 6.03 Å². The van der Waals surface area contributed by atoms with Gasteiger partial charge < -0.3 is 15.4 Å². The fourth-order valence-electron chi connectivity index (χ4n) is 2.02. The number of rotatable bonds is 5. The second-order valence-electron chi connectivity index (χ2n) is 4.98. The quantitative estimate of drug-likeness (QED) is 0.813. The summed E-state index contributed by atoms with van der Waals surface area (Å²) in [5.41, 5.74) is 2.86. The molecule has 2 aromatic carbocycles. The van der Waals surface area contributed by atoms with E-state index in [4.69, 9.17) is 16.3 Å². The lowest BCUT2D eigenvalue weighted by atomic mass is 10.1. The van der Waals surface area contributed by atoms with E-state index in [0.29, 0.717) is 23.9 Å². The average molecular weight is 319 g/mol. The Labute approximate surface area is 135 Å². The van der Waals surface area contributed by atoms with E-state index in [2.05, 4.69) is 16.7 Å². The van der Waals surface area contributed by atoms with Crippen LogP contribution in [0, 0.1) is 13.8 Å². The number of amides is 2. The van der Waals surface area contributed by atoms with Crippen LogP contribution >= 0.6 is 11.6 Å². The number of urea groups is 1.